The van der Waals surface area contributed by atoms with E-state index in [0.29, 0.717) is 22.9 Å². The Morgan fingerprint density at radius 2 is 1.80 bits per heavy atom. The Bertz CT molecular complexity index is 1740. The van der Waals surface area contributed by atoms with Gasteiger partial charge in [0.25, 0.3) is 0 Å². The van der Waals surface area contributed by atoms with Crippen molar-refractivity contribution >= 4 is 34.1 Å². The number of ether oxygens (including phenoxy) is 1. The Balaban J connectivity index is 1.61. The third kappa shape index (κ3) is 6.36. The number of likely N-dealkylation sites (N-methyl/N-ethyl adjacent to an activating group) is 2. The molecule has 0 aliphatic carbocycles. The van der Waals surface area contributed by atoms with Crippen LogP contribution in [0.4, 0.5) is 33.7 Å². The van der Waals surface area contributed by atoms with Crippen LogP contribution < -0.4 is 15.4 Å². The van der Waals surface area contributed by atoms with Crippen molar-refractivity contribution in [3.63, 3.8) is 0 Å². The predicted octanol–water partition coefficient (Wildman–Crippen LogP) is 6.61. The molecule has 6 rings (SSSR count). The number of amides is 3. The molecule has 232 valence electrons. The maximum atomic E-state index is 15.2. The molecule has 0 saturated heterocycles. The van der Waals surface area contributed by atoms with Gasteiger partial charge in [0.2, 0.25) is 5.91 Å². The number of aryl methyl sites for hydroxylation is 1. The minimum absolute atomic E-state index is 0.0192. The van der Waals surface area contributed by atoms with Gasteiger partial charge in [-0.2, -0.15) is 0 Å². The second-order valence-corrected chi connectivity index (χ2v) is 11.0. The summed E-state index contributed by atoms with van der Waals surface area (Å²) in [6.07, 6.45) is -3.56. The molecule has 2 aliphatic heterocycles. The Hall–Kier alpha value is -4.94. The molecule has 44 heavy (non-hydrogen) atoms. The van der Waals surface area contributed by atoms with Crippen LogP contribution in [0.5, 0.6) is 11.6 Å². The molecule has 3 amide bonds. The van der Waals surface area contributed by atoms with E-state index < -0.39 is 35.9 Å². The standard InChI is InChI=1S/C31H31F4N5O4/c1-16-9-18-5-7-22(16)17(2)14-40(4)30(43)37-21-6-8-26(44-31(33,34)35)20(10-21)15-39(3)29(42)27(18)38-25-12-23-19(11-24(25)32)13-36-28(23)41/h5-13,17,27,36,38,41H,14-15H2,1-4H3,(H,37,43)/t17-,27+/m0/s1. The molecule has 2 aliphatic rings. The number of nitrogens with one attached hydrogen (secondary N) is 3. The van der Waals surface area contributed by atoms with Crippen molar-refractivity contribution in [2.45, 2.75) is 38.7 Å². The van der Waals surface area contributed by atoms with Crippen molar-refractivity contribution in [3.8, 4) is 11.6 Å². The Morgan fingerprint density at radius 3 is 2.50 bits per heavy atom. The summed E-state index contributed by atoms with van der Waals surface area (Å²) < 4.78 is 59.2. The van der Waals surface area contributed by atoms with Crippen LogP contribution in [-0.2, 0) is 11.3 Å². The molecule has 9 nitrogen and oxygen atoms in total. The number of aromatic hydroxyl groups is 1. The average Bonchev–Trinajstić information content (AvgIpc) is 3.30. The topological polar surface area (TPSA) is 110 Å². The quantitative estimate of drug-likeness (QED) is 0.195. The lowest BCUT2D eigenvalue weighted by Crippen LogP contribution is -2.36. The zero-order chi connectivity index (χ0) is 31.9. The summed E-state index contributed by atoms with van der Waals surface area (Å²) >= 11 is 0. The molecule has 4 bridgehead atoms. The molecule has 1 aromatic heterocycles. The van der Waals surface area contributed by atoms with Gasteiger partial charge >= 0.3 is 12.4 Å². The third-order valence-electron chi connectivity index (χ3n) is 7.68. The molecular weight excluding hydrogens is 582 g/mol. The maximum Gasteiger partial charge on any atom is 0.573 e. The van der Waals surface area contributed by atoms with Gasteiger partial charge in [-0.15, -0.1) is 13.2 Å². The van der Waals surface area contributed by atoms with Crippen LogP contribution in [0.25, 0.3) is 10.8 Å². The molecule has 0 unspecified atom stereocenters. The van der Waals surface area contributed by atoms with Crippen molar-refractivity contribution in [2.75, 3.05) is 31.3 Å². The highest BCUT2D eigenvalue weighted by Gasteiger charge is 2.33. The van der Waals surface area contributed by atoms with Gasteiger partial charge in [-0.3, -0.25) is 4.79 Å². The van der Waals surface area contributed by atoms with Gasteiger partial charge in [0, 0.05) is 55.4 Å². The molecule has 13 heteroatoms. The van der Waals surface area contributed by atoms with Crippen LogP contribution >= 0.6 is 0 Å². The second-order valence-electron chi connectivity index (χ2n) is 11.0. The Labute approximate surface area is 250 Å². The van der Waals surface area contributed by atoms with E-state index in [1.807, 2.05) is 19.9 Å². The fraction of sp³-hybridized carbons (Fsp3) is 0.290. The normalized spacial score (nSPS) is 18.1. The molecule has 0 saturated carbocycles. The summed E-state index contributed by atoms with van der Waals surface area (Å²) in [5, 5.41) is 16.6. The van der Waals surface area contributed by atoms with Gasteiger partial charge in [0.05, 0.1) is 5.69 Å². The van der Waals surface area contributed by atoms with Crippen molar-refractivity contribution < 1.29 is 37.0 Å². The maximum absolute atomic E-state index is 15.2. The number of fused-ring (bicyclic) bond motifs is 10. The summed E-state index contributed by atoms with van der Waals surface area (Å²) in [6, 6.07) is 9.98. The lowest BCUT2D eigenvalue weighted by atomic mass is 9.92. The van der Waals surface area contributed by atoms with Gasteiger partial charge in [-0.1, -0.05) is 25.1 Å². The second kappa shape index (κ2) is 11.6. The van der Waals surface area contributed by atoms with E-state index in [1.54, 1.807) is 19.2 Å². The highest BCUT2D eigenvalue weighted by molar-refractivity contribution is 5.92. The fourth-order valence-electron chi connectivity index (χ4n) is 5.49. The molecule has 0 fully saturated rings. The molecule has 3 aromatic carbocycles. The Kier molecular flexibility index (Phi) is 8.06. The van der Waals surface area contributed by atoms with Crippen LogP contribution in [0.15, 0.2) is 54.7 Å². The predicted molar refractivity (Wildman–Crippen MR) is 157 cm³/mol. The number of hydrogen-bond acceptors (Lipinski definition) is 5. The van der Waals surface area contributed by atoms with Gasteiger partial charge in [-0.25, -0.2) is 9.18 Å². The zero-order valence-corrected chi connectivity index (χ0v) is 24.3. The largest absolute Gasteiger partial charge is 0.573 e. The van der Waals surface area contributed by atoms with E-state index in [1.165, 1.54) is 47.3 Å². The number of aromatic nitrogens is 1. The summed E-state index contributed by atoms with van der Waals surface area (Å²) in [4.78, 5) is 32.3. The number of nitrogens with zero attached hydrogens (tertiary/aromatic N) is 2. The summed E-state index contributed by atoms with van der Waals surface area (Å²) in [5.41, 5.74) is 2.37. The summed E-state index contributed by atoms with van der Waals surface area (Å²) in [6.45, 7) is 3.79. The fourth-order valence-corrected chi connectivity index (χ4v) is 5.49. The number of carbonyl (C=O) groups is 2. The first-order chi connectivity index (χ1) is 20.7. The molecule has 2 atom stereocenters. The first-order valence-corrected chi connectivity index (χ1v) is 13.7. The Morgan fingerprint density at radius 1 is 1.05 bits per heavy atom. The van der Waals surface area contributed by atoms with Gasteiger partial charge < -0.3 is 35.3 Å². The number of anilines is 2. The third-order valence-corrected chi connectivity index (χ3v) is 7.68. The molecular formula is C31H31F4N5O4. The highest BCUT2D eigenvalue weighted by atomic mass is 19.4. The first-order valence-electron chi connectivity index (χ1n) is 13.7. The van der Waals surface area contributed by atoms with E-state index in [2.05, 4.69) is 20.4 Å². The number of rotatable bonds is 3. The molecule has 0 spiro atoms. The van der Waals surface area contributed by atoms with Crippen LogP contribution in [-0.4, -0.2) is 58.8 Å². The summed E-state index contributed by atoms with van der Waals surface area (Å²) in [5.74, 6) is -2.09. The van der Waals surface area contributed by atoms with Crippen molar-refractivity contribution in [1.29, 1.82) is 0 Å². The number of halogens is 4. The van der Waals surface area contributed by atoms with E-state index in [9.17, 15) is 27.9 Å². The minimum Gasteiger partial charge on any atom is -0.494 e. The van der Waals surface area contributed by atoms with Crippen LogP contribution in [0.1, 0.15) is 41.1 Å². The zero-order valence-electron chi connectivity index (χ0n) is 24.3. The van der Waals surface area contributed by atoms with E-state index in [0.717, 1.165) is 17.2 Å². The van der Waals surface area contributed by atoms with Crippen molar-refractivity contribution in [3.05, 3.63) is 82.8 Å². The van der Waals surface area contributed by atoms with Crippen LogP contribution in [0.3, 0.4) is 0 Å². The number of H-pyrrole nitrogens is 1. The van der Waals surface area contributed by atoms with Gasteiger partial charge in [-0.05, 0) is 59.9 Å². The van der Waals surface area contributed by atoms with Crippen molar-refractivity contribution in [2.24, 2.45) is 0 Å². The SMILES string of the molecule is Cc1cc2ccc1[C@@H](C)CN(C)C(=O)Nc1ccc(OC(F)(F)F)c(c1)CN(C)C(=O)[C@@H]2Nc1cc2c(O)[nH]cc2cc1F. The first kappa shape index (κ1) is 30.5. The number of carbonyl (C=O) groups excluding carboxylic acids is 2. The molecule has 3 heterocycles. The number of urea groups is 1. The number of hydrogen-bond donors (Lipinski definition) is 4. The molecule has 0 radical (unpaired) electrons. The average molecular weight is 614 g/mol. The molecule has 4 aromatic rings. The monoisotopic (exact) mass is 613 g/mol. The van der Waals surface area contributed by atoms with E-state index >= 15 is 4.39 Å². The number of benzene rings is 3. The minimum atomic E-state index is -5.00. The van der Waals surface area contributed by atoms with Gasteiger partial charge in [0.15, 0.2) is 5.88 Å². The number of aromatic amines is 1. The highest BCUT2D eigenvalue weighted by Crippen LogP contribution is 2.34. The van der Waals surface area contributed by atoms with Crippen LogP contribution in [0, 0.1) is 12.7 Å². The lowest BCUT2D eigenvalue weighted by molar-refractivity contribution is -0.275. The smallest absolute Gasteiger partial charge is 0.494 e. The summed E-state index contributed by atoms with van der Waals surface area (Å²) in [7, 11) is 3.01. The van der Waals surface area contributed by atoms with Gasteiger partial charge in [0.1, 0.15) is 17.6 Å². The van der Waals surface area contributed by atoms with Crippen molar-refractivity contribution in [1.82, 2.24) is 14.8 Å². The lowest BCUT2D eigenvalue weighted by Gasteiger charge is -2.29. The van der Waals surface area contributed by atoms with E-state index in [-0.39, 0.29) is 35.3 Å². The number of alkyl halides is 3. The molecule has 4 N–H and O–H groups in total. The van der Waals surface area contributed by atoms with Crippen LogP contribution in [0.2, 0.25) is 0 Å². The van der Waals surface area contributed by atoms with E-state index in [4.69, 9.17) is 0 Å².